The number of hydrogen-bond acceptors (Lipinski definition) is 4. The Morgan fingerprint density at radius 3 is 2.80 bits per heavy atom. The summed E-state index contributed by atoms with van der Waals surface area (Å²) >= 11 is 0. The lowest BCUT2D eigenvalue weighted by molar-refractivity contribution is -0.115. The molecular formula is C15H16N2O3. The Kier molecular flexibility index (Phi) is 4.55. The molecule has 0 saturated heterocycles. The lowest BCUT2D eigenvalue weighted by atomic mass is 10.1. The van der Waals surface area contributed by atoms with Crippen molar-refractivity contribution in [2.75, 3.05) is 11.9 Å². The highest BCUT2D eigenvalue weighted by molar-refractivity contribution is 5.91. The summed E-state index contributed by atoms with van der Waals surface area (Å²) in [6, 6.07) is 11.9. The van der Waals surface area contributed by atoms with Gasteiger partial charge in [0.15, 0.2) is 0 Å². The van der Waals surface area contributed by atoms with Crippen molar-refractivity contribution in [3.63, 3.8) is 0 Å². The number of aromatic nitrogens is 1. The van der Waals surface area contributed by atoms with Gasteiger partial charge in [0.2, 0.25) is 11.8 Å². The fourth-order valence-electron chi connectivity index (χ4n) is 1.73. The molecule has 0 aliphatic heterocycles. The van der Waals surface area contributed by atoms with Crippen molar-refractivity contribution in [1.29, 1.82) is 0 Å². The molecule has 0 atom stereocenters. The molecule has 1 amide bonds. The third-order valence-corrected chi connectivity index (χ3v) is 2.63. The Morgan fingerprint density at radius 2 is 2.05 bits per heavy atom. The summed E-state index contributed by atoms with van der Waals surface area (Å²) in [7, 11) is 0. The summed E-state index contributed by atoms with van der Waals surface area (Å²) in [5.41, 5.74) is 0.575. The van der Waals surface area contributed by atoms with Gasteiger partial charge in [0.25, 0.3) is 0 Å². The molecule has 0 saturated carbocycles. The quantitative estimate of drug-likeness (QED) is 0.876. The van der Waals surface area contributed by atoms with Gasteiger partial charge in [-0.2, -0.15) is 4.98 Å². The van der Waals surface area contributed by atoms with Crippen molar-refractivity contribution in [3.8, 4) is 11.6 Å². The van der Waals surface area contributed by atoms with E-state index < -0.39 is 0 Å². The minimum Gasteiger partial charge on any atom is -0.508 e. The first-order valence-corrected chi connectivity index (χ1v) is 6.35. The van der Waals surface area contributed by atoms with E-state index in [0.29, 0.717) is 23.9 Å². The zero-order valence-corrected chi connectivity index (χ0v) is 11.2. The highest BCUT2D eigenvalue weighted by atomic mass is 16.5. The molecule has 5 nitrogen and oxygen atoms in total. The van der Waals surface area contributed by atoms with Gasteiger partial charge in [0, 0.05) is 11.6 Å². The number of ether oxygens (including phenoxy) is 1. The number of amides is 1. The SMILES string of the molecule is CCOc1cccc(NC(=O)Cc2ccccc2O)n1. The molecule has 2 rings (SSSR count). The van der Waals surface area contributed by atoms with Crippen LogP contribution in [0.25, 0.3) is 0 Å². The maximum Gasteiger partial charge on any atom is 0.230 e. The van der Waals surface area contributed by atoms with Crippen molar-refractivity contribution >= 4 is 11.7 Å². The van der Waals surface area contributed by atoms with Crippen molar-refractivity contribution in [2.24, 2.45) is 0 Å². The Morgan fingerprint density at radius 1 is 1.25 bits per heavy atom. The minimum absolute atomic E-state index is 0.0905. The van der Waals surface area contributed by atoms with Crippen LogP contribution in [-0.4, -0.2) is 22.6 Å². The Hall–Kier alpha value is -2.56. The summed E-state index contributed by atoms with van der Waals surface area (Å²) in [6.07, 6.45) is 0.0905. The topological polar surface area (TPSA) is 71.5 Å². The largest absolute Gasteiger partial charge is 0.508 e. The van der Waals surface area contributed by atoms with E-state index in [0.717, 1.165) is 0 Å². The van der Waals surface area contributed by atoms with E-state index in [1.807, 2.05) is 6.92 Å². The molecule has 2 aromatic rings. The number of pyridine rings is 1. The van der Waals surface area contributed by atoms with Gasteiger partial charge in [-0.25, -0.2) is 0 Å². The van der Waals surface area contributed by atoms with Gasteiger partial charge in [0.05, 0.1) is 13.0 Å². The van der Waals surface area contributed by atoms with Crippen molar-refractivity contribution in [1.82, 2.24) is 4.98 Å². The average Bonchev–Trinajstić information content (AvgIpc) is 2.42. The van der Waals surface area contributed by atoms with E-state index in [2.05, 4.69) is 10.3 Å². The molecule has 0 bridgehead atoms. The molecule has 0 fully saturated rings. The number of phenolic OH excluding ortho intramolecular Hbond substituents is 1. The first-order valence-electron chi connectivity index (χ1n) is 6.35. The van der Waals surface area contributed by atoms with Crippen LogP contribution in [0.3, 0.4) is 0 Å². The Labute approximate surface area is 117 Å². The fourth-order valence-corrected chi connectivity index (χ4v) is 1.73. The van der Waals surface area contributed by atoms with Gasteiger partial charge in [-0.1, -0.05) is 24.3 Å². The predicted octanol–water partition coefficient (Wildman–Crippen LogP) is 2.37. The molecule has 1 heterocycles. The van der Waals surface area contributed by atoms with Crippen LogP contribution >= 0.6 is 0 Å². The molecule has 0 aliphatic carbocycles. The lowest BCUT2D eigenvalue weighted by Crippen LogP contribution is -2.15. The number of hydrogen-bond donors (Lipinski definition) is 2. The van der Waals surface area contributed by atoms with E-state index in [9.17, 15) is 9.90 Å². The van der Waals surface area contributed by atoms with Gasteiger partial charge in [0.1, 0.15) is 11.6 Å². The minimum atomic E-state index is -0.243. The van der Waals surface area contributed by atoms with Crippen LogP contribution in [0.2, 0.25) is 0 Å². The fraction of sp³-hybridized carbons (Fsp3) is 0.200. The van der Waals surface area contributed by atoms with Crippen LogP contribution < -0.4 is 10.1 Å². The maximum atomic E-state index is 11.9. The van der Waals surface area contributed by atoms with Gasteiger partial charge in [-0.05, 0) is 19.1 Å². The summed E-state index contributed by atoms with van der Waals surface area (Å²) < 4.78 is 5.26. The molecule has 0 aliphatic rings. The number of phenols is 1. The third kappa shape index (κ3) is 3.71. The van der Waals surface area contributed by atoms with E-state index in [4.69, 9.17) is 4.74 Å². The molecule has 0 unspecified atom stereocenters. The van der Waals surface area contributed by atoms with Crippen LogP contribution in [0.1, 0.15) is 12.5 Å². The zero-order valence-electron chi connectivity index (χ0n) is 11.2. The molecule has 1 aromatic heterocycles. The van der Waals surface area contributed by atoms with Crippen molar-refractivity contribution in [3.05, 3.63) is 48.0 Å². The number of aromatic hydroxyl groups is 1. The van der Waals surface area contributed by atoms with Crippen molar-refractivity contribution in [2.45, 2.75) is 13.3 Å². The number of para-hydroxylation sites is 1. The lowest BCUT2D eigenvalue weighted by Gasteiger charge is -2.07. The first kappa shape index (κ1) is 13.9. The van der Waals surface area contributed by atoms with Crippen LogP contribution in [0.5, 0.6) is 11.6 Å². The van der Waals surface area contributed by atoms with Crippen LogP contribution in [-0.2, 0) is 11.2 Å². The zero-order chi connectivity index (χ0) is 14.4. The normalized spacial score (nSPS) is 10.1. The second-order valence-corrected chi connectivity index (χ2v) is 4.15. The van der Waals surface area contributed by atoms with Gasteiger partial charge < -0.3 is 15.2 Å². The molecule has 1 aromatic carbocycles. The first-order chi connectivity index (χ1) is 9.69. The van der Waals surface area contributed by atoms with E-state index in [1.54, 1.807) is 42.5 Å². The summed E-state index contributed by atoms with van der Waals surface area (Å²) in [5.74, 6) is 0.760. The van der Waals surface area contributed by atoms with Gasteiger partial charge >= 0.3 is 0 Å². The van der Waals surface area contributed by atoms with Crippen LogP contribution in [0.4, 0.5) is 5.82 Å². The highest BCUT2D eigenvalue weighted by Gasteiger charge is 2.08. The van der Waals surface area contributed by atoms with E-state index in [1.165, 1.54) is 0 Å². The van der Waals surface area contributed by atoms with Gasteiger partial charge in [-0.15, -0.1) is 0 Å². The molecule has 2 N–H and O–H groups in total. The third-order valence-electron chi connectivity index (χ3n) is 2.63. The standard InChI is InChI=1S/C15H16N2O3/c1-2-20-15-9-5-8-13(17-15)16-14(19)10-11-6-3-4-7-12(11)18/h3-9,18H,2,10H2,1H3,(H,16,17,19). The van der Waals surface area contributed by atoms with Gasteiger partial charge in [-0.3, -0.25) is 4.79 Å². The monoisotopic (exact) mass is 272 g/mol. The van der Waals surface area contributed by atoms with Crippen molar-refractivity contribution < 1.29 is 14.6 Å². The number of benzene rings is 1. The maximum absolute atomic E-state index is 11.9. The number of carbonyl (C=O) groups is 1. The molecular weight excluding hydrogens is 256 g/mol. The van der Waals surface area contributed by atoms with Crippen LogP contribution in [0, 0.1) is 0 Å². The average molecular weight is 272 g/mol. The van der Waals surface area contributed by atoms with E-state index in [-0.39, 0.29) is 18.1 Å². The number of rotatable bonds is 5. The van der Waals surface area contributed by atoms with Crippen LogP contribution in [0.15, 0.2) is 42.5 Å². The smallest absolute Gasteiger partial charge is 0.230 e. The molecule has 0 radical (unpaired) electrons. The number of nitrogens with zero attached hydrogens (tertiary/aromatic N) is 1. The second-order valence-electron chi connectivity index (χ2n) is 4.15. The number of carbonyl (C=O) groups excluding carboxylic acids is 1. The Bertz CT molecular complexity index is 599. The Balaban J connectivity index is 2.01. The summed E-state index contributed by atoms with van der Waals surface area (Å²) in [6.45, 7) is 2.38. The molecule has 20 heavy (non-hydrogen) atoms. The molecule has 104 valence electrons. The van der Waals surface area contributed by atoms with E-state index >= 15 is 0 Å². The number of anilines is 1. The molecule has 5 heteroatoms. The summed E-state index contributed by atoms with van der Waals surface area (Å²) in [4.78, 5) is 16.1. The second kappa shape index (κ2) is 6.56. The predicted molar refractivity (Wildman–Crippen MR) is 75.8 cm³/mol. The highest BCUT2D eigenvalue weighted by Crippen LogP contribution is 2.17. The number of nitrogens with one attached hydrogen (secondary N) is 1. The summed E-state index contributed by atoms with van der Waals surface area (Å²) in [5, 5.41) is 12.3. The molecule has 0 spiro atoms.